The minimum absolute atomic E-state index is 0.445. The number of hydrogen-bond acceptors (Lipinski definition) is 3. The molecule has 0 radical (unpaired) electrons. The number of aliphatic hydroxyl groups is 1. The number of halogens is 1. The van der Waals surface area contributed by atoms with Crippen LogP contribution in [0.3, 0.4) is 0 Å². The summed E-state index contributed by atoms with van der Waals surface area (Å²) in [6, 6.07) is 14.9. The molecule has 0 aliphatic carbocycles. The second-order valence-corrected chi connectivity index (χ2v) is 5.20. The third-order valence-corrected chi connectivity index (χ3v) is 3.62. The Bertz CT molecular complexity index is 787. The number of nitrogens with zero attached hydrogens (tertiary/aromatic N) is 1. The number of pyridine rings is 1. The van der Waals surface area contributed by atoms with Crippen LogP contribution in [0.5, 0.6) is 11.6 Å². The lowest BCUT2D eigenvalue weighted by molar-refractivity contribution is 0.198. The predicted octanol–water partition coefficient (Wildman–Crippen LogP) is 4.73. The van der Waals surface area contributed by atoms with E-state index in [9.17, 15) is 5.11 Å². The van der Waals surface area contributed by atoms with Crippen LogP contribution >= 0.6 is 11.6 Å². The van der Waals surface area contributed by atoms with Gasteiger partial charge in [-0.05, 0) is 30.7 Å². The summed E-state index contributed by atoms with van der Waals surface area (Å²) in [7, 11) is 0. The van der Waals surface area contributed by atoms with Crippen molar-refractivity contribution in [3.05, 3.63) is 65.3 Å². The van der Waals surface area contributed by atoms with Gasteiger partial charge in [0.2, 0.25) is 5.88 Å². The van der Waals surface area contributed by atoms with E-state index < -0.39 is 6.10 Å². The minimum atomic E-state index is -0.558. The number of ether oxygens (including phenoxy) is 1. The molecule has 0 fully saturated rings. The smallest absolute Gasteiger partial charge is 0.219 e. The van der Waals surface area contributed by atoms with Crippen LogP contribution in [-0.2, 0) is 0 Å². The van der Waals surface area contributed by atoms with Crippen molar-refractivity contribution in [1.29, 1.82) is 0 Å². The van der Waals surface area contributed by atoms with Crippen molar-refractivity contribution in [2.45, 2.75) is 13.0 Å². The van der Waals surface area contributed by atoms with Gasteiger partial charge < -0.3 is 9.84 Å². The molecule has 21 heavy (non-hydrogen) atoms. The van der Waals surface area contributed by atoms with Crippen LogP contribution in [0, 0.1) is 0 Å². The van der Waals surface area contributed by atoms with E-state index in [1.807, 2.05) is 30.3 Å². The largest absolute Gasteiger partial charge is 0.438 e. The number of rotatable bonds is 3. The molecule has 3 nitrogen and oxygen atoms in total. The Labute approximate surface area is 127 Å². The van der Waals surface area contributed by atoms with Crippen molar-refractivity contribution in [1.82, 2.24) is 4.98 Å². The summed E-state index contributed by atoms with van der Waals surface area (Å²) in [4.78, 5) is 4.18. The molecule has 0 aliphatic rings. The van der Waals surface area contributed by atoms with Gasteiger partial charge in [-0.15, -0.1) is 0 Å². The molecule has 0 spiro atoms. The summed E-state index contributed by atoms with van der Waals surface area (Å²) in [5, 5.41) is 12.2. The molecule has 0 amide bonds. The van der Waals surface area contributed by atoms with Gasteiger partial charge in [0.25, 0.3) is 0 Å². The fourth-order valence-corrected chi connectivity index (χ4v) is 2.40. The number of benzene rings is 2. The summed E-state index contributed by atoms with van der Waals surface area (Å²) in [5.41, 5.74) is 0.762. The lowest BCUT2D eigenvalue weighted by atomic mass is 10.1. The highest BCUT2D eigenvalue weighted by atomic mass is 35.5. The molecule has 1 atom stereocenters. The van der Waals surface area contributed by atoms with E-state index in [4.69, 9.17) is 16.3 Å². The molecule has 0 saturated carbocycles. The average molecular weight is 300 g/mol. The zero-order valence-electron chi connectivity index (χ0n) is 11.5. The zero-order valence-corrected chi connectivity index (χ0v) is 12.2. The van der Waals surface area contributed by atoms with Crippen molar-refractivity contribution >= 4 is 22.4 Å². The molecule has 1 aromatic heterocycles. The van der Waals surface area contributed by atoms with Crippen LogP contribution in [0.2, 0.25) is 5.02 Å². The van der Waals surface area contributed by atoms with Gasteiger partial charge in [-0.25, -0.2) is 4.98 Å². The summed E-state index contributed by atoms with van der Waals surface area (Å²) < 4.78 is 5.86. The van der Waals surface area contributed by atoms with Gasteiger partial charge >= 0.3 is 0 Å². The van der Waals surface area contributed by atoms with Gasteiger partial charge in [0.1, 0.15) is 5.75 Å². The zero-order chi connectivity index (χ0) is 14.8. The highest BCUT2D eigenvalue weighted by Crippen LogP contribution is 2.33. The number of hydrogen-bond donors (Lipinski definition) is 1. The highest BCUT2D eigenvalue weighted by molar-refractivity contribution is 6.35. The number of fused-ring (bicyclic) bond motifs is 1. The third kappa shape index (κ3) is 2.84. The minimum Gasteiger partial charge on any atom is -0.438 e. The van der Waals surface area contributed by atoms with Gasteiger partial charge in [-0.1, -0.05) is 35.9 Å². The van der Waals surface area contributed by atoms with Crippen molar-refractivity contribution in [3.8, 4) is 11.6 Å². The highest BCUT2D eigenvalue weighted by Gasteiger charge is 2.08. The van der Waals surface area contributed by atoms with Gasteiger partial charge in [0.05, 0.1) is 6.10 Å². The molecule has 0 bridgehead atoms. The standard InChI is InChI=1S/C17H14ClNO2/c1-11(20)12-8-9-19-17(10-12)21-16-7-6-15(18)13-4-2-3-5-14(13)16/h2-11,20H,1H3. The fourth-order valence-electron chi connectivity index (χ4n) is 2.18. The Morgan fingerprint density at radius 1 is 1.10 bits per heavy atom. The molecule has 2 aromatic carbocycles. The summed E-state index contributed by atoms with van der Waals surface area (Å²) in [6.45, 7) is 1.71. The number of aromatic nitrogens is 1. The van der Waals surface area contributed by atoms with E-state index in [2.05, 4.69) is 4.98 Å². The molecule has 1 heterocycles. The Morgan fingerprint density at radius 3 is 2.62 bits per heavy atom. The first-order valence-electron chi connectivity index (χ1n) is 6.64. The summed E-state index contributed by atoms with van der Waals surface area (Å²) in [5.74, 6) is 1.13. The van der Waals surface area contributed by atoms with E-state index in [0.29, 0.717) is 16.7 Å². The van der Waals surface area contributed by atoms with Crippen LogP contribution in [-0.4, -0.2) is 10.1 Å². The van der Waals surface area contributed by atoms with E-state index >= 15 is 0 Å². The van der Waals surface area contributed by atoms with E-state index in [1.54, 1.807) is 31.3 Å². The monoisotopic (exact) mass is 299 g/mol. The van der Waals surface area contributed by atoms with Gasteiger partial charge in [0, 0.05) is 28.1 Å². The molecular formula is C17H14ClNO2. The maximum absolute atomic E-state index is 9.62. The molecule has 1 N–H and O–H groups in total. The third-order valence-electron chi connectivity index (χ3n) is 3.29. The van der Waals surface area contributed by atoms with Crippen molar-refractivity contribution in [3.63, 3.8) is 0 Å². The molecule has 1 unspecified atom stereocenters. The van der Waals surface area contributed by atoms with Crippen LogP contribution in [0.1, 0.15) is 18.6 Å². The fraction of sp³-hybridized carbons (Fsp3) is 0.118. The molecule has 106 valence electrons. The summed E-state index contributed by atoms with van der Waals surface area (Å²) in [6.07, 6.45) is 1.06. The van der Waals surface area contributed by atoms with Crippen LogP contribution < -0.4 is 4.74 Å². The Hall–Kier alpha value is -2.10. The van der Waals surface area contributed by atoms with E-state index in [0.717, 1.165) is 16.3 Å². The molecule has 0 saturated heterocycles. The maximum Gasteiger partial charge on any atom is 0.219 e. The Balaban J connectivity index is 2.02. The molecule has 4 heteroatoms. The Kier molecular flexibility index (Phi) is 3.78. The maximum atomic E-state index is 9.62. The van der Waals surface area contributed by atoms with Crippen LogP contribution in [0.15, 0.2) is 54.7 Å². The quantitative estimate of drug-likeness (QED) is 0.760. The van der Waals surface area contributed by atoms with Crippen molar-refractivity contribution in [2.75, 3.05) is 0 Å². The molecule has 0 aliphatic heterocycles. The van der Waals surface area contributed by atoms with Crippen LogP contribution in [0.25, 0.3) is 10.8 Å². The lowest BCUT2D eigenvalue weighted by Crippen LogP contribution is -1.94. The first-order chi connectivity index (χ1) is 10.1. The van der Waals surface area contributed by atoms with Crippen molar-refractivity contribution in [2.24, 2.45) is 0 Å². The van der Waals surface area contributed by atoms with E-state index in [-0.39, 0.29) is 0 Å². The van der Waals surface area contributed by atoms with Gasteiger partial charge in [-0.3, -0.25) is 0 Å². The van der Waals surface area contributed by atoms with Crippen LogP contribution in [0.4, 0.5) is 0 Å². The first kappa shape index (κ1) is 13.9. The van der Waals surface area contributed by atoms with E-state index in [1.165, 1.54) is 0 Å². The van der Waals surface area contributed by atoms with Gasteiger partial charge in [0.15, 0.2) is 0 Å². The second-order valence-electron chi connectivity index (χ2n) is 4.80. The average Bonchev–Trinajstić information content (AvgIpc) is 2.51. The second kappa shape index (κ2) is 5.72. The topological polar surface area (TPSA) is 42.4 Å². The summed E-state index contributed by atoms with van der Waals surface area (Å²) >= 11 is 6.19. The lowest BCUT2D eigenvalue weighted by Gasteiger charge is -2.11. The molecule has 3 aromatic rings. The molecule has 3 rings (SSSR count). The normalized spacial score (nSPS) is 12.3. The Morgan fingerprint density at radius 2 is 1.86 bits per heavy atom. The SMILES string of the molecule is CC(O)c1ccnc(Oc2ccc(Cl)c3ccccc23)c1. The first-order valence-corrected chi connectivity index (χ1v) is 7.02. The molecular weight excluding hydrogens is 286 g/mol. The predicted molar refractivity (Wildman–Crippen MR) is 83.9 cm³/mol. The van der Waals surface area contributed by atoms with Gasteiger partial charge in [-0.2, -0.15) is 0 Å². The van der Waals surface area contributed by atoms with Crippen molar-refractivity contribution < 1.29 is 9.84 Å². The number of aliphatic hydroxyl groups excluding tert-OH is 1.